The van der Waals surface area contributed by atoms with Crippen LogP contribution in [-0.4, -0.2) is 27.8 Å². The van der Waals surface area contributed by atoms with E-state index >= 15 is 0 Å². The molecule has 2 aromatic heterocycles. The van der Waals surface area contributed by atoms with E-state index in [1.165, 1.54) is 20.5 Å². The normalized spacial score (nSPS) is 15.2. The van der Waals surface area contributed by atoms with E-state index < -0.39 is 12.0 Å². The minimum absolute atomic E-state index is 0.0924. The van der Waals surface area contributed by atoms with Gasteiger partial charge in [0, 0.05) is 26.2 Å². The molecule has 0 saturated heterocycles. The summed E-state index contributed by atoms with van der Waals surface area (Å²) in [6.45, 7) is 13.9. The molecule has 5 rings (SSSR count). The van der Waals surface area contributed by atoms with Gasteiger partial charge in [-0.3, -0.25) is 9.36 Å². The fourth-order valence-corrected chi connectivity index (χ4v) is 6.88. The fourth-order valence-electron chi connectivity index (χ4n) is 5.35. The molecule has 0 unspecified atom stereocenters. The van der Waals surface area contributed by atoms with Crippen molar-refractivity contribution in [1.29, 1.82) is 0 Å². The third kappa shape index (κ3) is 5.51. The predicted molar refractivity (Wildman–Crippen MR) is 175 cm³/mol. The molecule has 4 aromatic rings. The minimum atomic E-state index is -0.737. The maximum atomic E-state index is 14.2. The highest BCUT2D eigenvalue weighted by molar-refractivity contribution is 14.1. The molecule has 0 amide bonds. The summed E-state index contributed by atoms with van der Waals surface area (Å²) in [5, 5.41) is 0. The molecule has 2 aromatic carbocycles. The molecule has 1 atom stereocenters. The number of carbonyl (C=O) groups excluding carboxylic acids is 1. The first-order chi connectivity index (χ1) is 20.0. The number of esters is 1. The topological polar surface area (TPSA) is 74.8 Å². The monoisotopic (exact) mass is 695 g/mol. The van der Waals surface area contributed by atoms with E-state index in [1.807, 2.05) is 44.2 Å². The first kappa shape index (κ1) is 30.0. The van der Waals surface area contributed by atoms with Crippen molar-refractivity contribution in [3.8, 4) is 11.4 Å². The highest BCUT2D eigenvalue weighted by Gasteiger charge is 2.35. The van der Waals surface area contributed by atoms with E-state index in [0.29, 0.717) is 31.9 Å². The van der Waals surface area contributed by atoms with Gasteiger partial charge in [0.2, 0.25) is 0 Å². The van der Waals surface area contributed by atoms with Gasteiger partial charge in [0.05, 0.1) is 28.5 Å². The SMILES string of the molecule is CCOC(=O)C1=C(C)N=c2s/c(=C\c3cc(C)n(-c4ccc(C)c(I)c4)c3C)c(=O)n2[C@@H]1c1ccccc1OC(C)C. The molecule has 7 nitrogen and oxygen atoms in total. The van der Waals surface area contributed by atoms with Gasteiger partial charge in [0.15, 0.2) is 4.80 Å². The zero-order valence-corrected chi connectivity index (χ0v) is 27.8. The third-order valence-corrected chi connectivity index (χ3v) is 9.41. The lowest BCUT2D eigenvalue weighted by atomic mass is 9.95. The van der Waals surface area contributed by atoms with Crippen LogP contribution in [0.1, 0.15) is 61.8 Å². The number of hydrogen-bond acceptors (Lipinski definition) is 6. The smallest absolute Gasteiger partial charge is 0.338 e. The van der Waals surface area contributed by atoms with Crippen LogP contribution in [0.15, 0.2) is 69.6 Å². The molecule has 0 radical (unpaired) electrons. The Hall–Kier alpha value is -3.44. The Morgan fingerprint density at radius 2 is 1.86 bits per heavy atom. The summed E-state index contributed by atoms with van der Waals surface area (Å²) in [6.07, 6.45) is 1.84. The molecule has 3 heterocycles. The summed E-state index contributed by atoms with van der Waals surface area (Å²) in [5.41, 5.74) is 6.73. The molecule has 42 heavy (non-hydrogen) atoms. The summed E-state index contributed by atoms with van der Waals surface area (Å²) < 4.78 is 17.1. The molecular formula is C33H34IN3O4S. The van der Waals surface area contributed by atoms with Gasteiger partial charge in [0.1, 0.15) is 11.8 Å². The minimum Gasteiger partial charge on any atom is -0.491 e. The number of allylic oxidation sites excluding steroid dienone is 1. The van der Waals surface area contributed by atoms with Crippen LogP contribution in [0.5, 0.6) is 5.75 Å². The number of carbonyl (C=O) groups is 1. The van der Waals surface area contributed by atoms with Crippen LogP contribution in [0.2, 0.25) is 0 Å². The Kier molecular flexibility index (Phi) is 8.61. The molecular weight excluding hydrogens is 661 g/mol. The lowest BCUT2D eigenvalue weighted by molar-refractivity contribution is -0.139. The van der Waals surface area contributed by atoms with Crippen molar-refractivity contribution in [1.82, 2.24) is 9.13 Å². The second-order valence-corrected chi connectivity index (χ2v) is 12.8. The second-order valence-electron chi connectivity index (χ2n) is 10.6. The van der Waals surface area contributed by atoms with Crippen LogP contribution in [0.25, 0.3) is 11.8 Å². The highest BCUT2D eigenvalue weighted by atomic mass is 127. The van der Waals surface area contributed by atoms with Crippen LogP contribution in [-0.2, 0) is 9.53 Å². The van der Waals surface area contributed by atoms with E-state index in [2.05, 4.69) is 72.2 Å². The lowest BCUT2D eigenvalue weighted by Crippen LogP contribution is -2.40. The summed E-state index contributed by atoms with van der Waals surface area (Å²) in [5.74, 6) is 0.119. The van der Waals surface area contributed by atoms with Gasteiger partial charge >= 0.3 is 5.97 Å². The number of ether oxygens (including phenoxy) is 2. The maximum Gasteiger partial charge on any atom is 0.338 e. The Labute approximate surface area is 263 Å². The predicted octanol–water partition coefficient (Wildman–Crippen LogP) is 5.91. The van der Waals surface area contributed by atoms with Gasteiger partial charge in [-0.15, -0.1) is 0 Å². The van der Waals surface area contributed by atoms with Crippen molar-refractivity contribution in [2.24, 2.45) is 4.99 Å². The number of aryl methyl sites for hydroxylation is 2. The van der Waals surface area contributed by atoms with Gasteiger partial charge in [-0.25, -0.2) is 9.79 Å². The van der Waals surface area contributed by atoms with Crippen LogP contribution < -0.4 is 19.6 Å². The molecule has 0 spiro atoms. The third-order valence-electron chi connectivity index (χ3n) is 7.26. The number of aromatic nitrogens is 2. The molecule has 0 saturated carbocycles. The standard InChI is InChI=1S/C33H34IN3O4S/c1-8-40-32(39)29-21(6)35-33-37(30(29)25-11-9-10-12-27(25)41-18(2)3)31(38)28(42-33)16-23-15-20(5)36(22(23)7)24-14-13-19(4)26(34)17-24/h9-18,30H,8H2,1-7H3/b28-16-/t30-/m1/s1. The second kappa shape index (κ2) is 12.0. The zero-order chi connectivity index (χ0) is 30.3. The van der Waals surface area contributed by atoms with Gasteiger partial charge in [-0.1, -0.05) is 35.6 Å². The molecule has 0 aliphatic carbocycles. The van der Waals surface area contributed by atoms with Crippen LogP contribution in [0.3, 0.4) is 0 Å². The number of para-hydroxylation sites is 1. The van der Waals surface area contributed by atoms with Crippen molar-refractivity contribution in [2.75, 3.05) is 6.61 Å². The Morgan fingerprint density at radius 3 is 2.55 bits per heavy atom. The van der Waals surface area contributed by atoms with Crippen LogP contribution >= 0.6 is 33.9 Å². The number of rotatable bonds is 7. The van der Waals surface area contributed by atoms with Gasteiger partial charge in [-0.2, -0.15) is 0 Å². The average molecular weight is 696 g/mol. The summed E-state index contributed by atoms with van der Waals surface area (Å²) in [6, 6.07) is 15.3. The molecule has 9 heteroatoms. The van der Waals surface area contributed by atoms with Crippen LogP contribution in [0, 0.1) is 24.3 Å². The van der Waals surface area contributed by atoms with Crippen molar-refractivity contribution in [3.63, 3.8) is 0 Å². The Bertz CT molecular complexity index is 1910. The number of hydrogen-bond donors (Lipinski definition) is 0. The van der Waals surface area contributed by atoms with Gasteiger partial charge < -0.3 is 14.0 Å². The number of halogens is 1. The number of benzene rings is 2. The highest BCUT2D eigenvalue weighted by Crippen LogP contribution is 2.36. The summed E-state index contributed by atoms with van der Waals surface area (Å²) in [7, 11) is 0. The van der Waals surface area contributed by atoms with Gasteiger partial charge in [-0.05, 0) is 113 Å². The number of fused-ring (bicyclic) bond motifs is 1. The number of thiazole rings is 1. The Morgan fingerprint density at radius 1 is 1.12 bits per heavy atom. The van der Waals surface area contributed by atoms with E-state index in [-0.39, 0.29) is 18.3 Å². The lowest BCUT2D eigenvalue weighted by Gasteiger charge is -2.26. The van der Waals surface area contributed by atoms with Crippen molar-refractivity contribution in [2.45, 2.75) is 60.6 Å². The van der Waals surface area contributed by atoms with E-state index in [0.717, 1.165) is 22.6 Å². The largest absolute Gasteiger partial charge is 0.491 e. The van der Waals surface area contributed by atoms with Gasteiger partial charge in [0.25, 0.3) is 5.56 Å². The molecule has 0 N–H and O–H groups in total. The van der Waals surface area contributed by atoms with E-state index in [9.17, 15) is 9.59 Å². The summed E-state index contributed by atoms with van der Waals surface area (Å²) >= 11 is 3.68. The molecule has 0 bridgehead atoms. The first-order valence-electron chi connectivity index (χ1n) is 13.9. The summed E-state index contributed by atoms with van der Waals surface area (Å²) in [4.78, 5) is 32.7. The molecule has 1 aliphatic rings. The molecule has 0 fully saturated rings. The van der Waals surface area contributed by atoms with E-state index in [1.54, 1.807) is 18.4 Å². The van der Waals surface area contributed by atoms with E-state index in [4.69, 9.17) is 14.5 Å². The van der Waals surface area contributed by atoms with Crippen molar-refractivity contribution >= 4 is 46.0 Å². The fraction of sp³-hybridized carbons (Fsp3) is 0.303. The molecule has 1 aliphatic heterocycles. The average Bonchev–Trinajstić information content (AvgIpc) is 3.39. The van der Waals surface area contributed by atoms with Crippen molar-refractivity contribution < 1.29 is 14.3 Å². The van der Waals surface area contributed by atoms with Crippen molar-refractivity contribution in [3.05, 3.63) is 111 Å². The maximum absolute atomic E-state index is 14.2. The quantitative estimate of drug-likeness (QED) is 0.178. The first-order valence-corrected chi connectivity index (χ1v) is 15.8. The molecule has 218 valence electrons. The van der Waals surface area contributed by atoms with Crippen LogP contribution in [0.4, 0.5) is 0 Å². The zero-order valence-electron chi connectivity index (χ0n) is 24.8. The number of nitrogens with zero attached hydrogens (tertiary/aromatic N) is 3. The Balaban J connectivity index is 1.71.